The van der Waals surface area contributed by atoms with Crippen molar-refractivity contribution in [2.75, 3.05) is 44.3 Å². The van der Waals surface area contributed by atoms with Crippen LogP contribution in [0.1, 0.15) is 37.7 Å². The first-order chi connectivity index (χ1) is 14.1. The highest BCUT2D eigenvalue weighted by Gasteiger charge is 2.51. The number of ether oxygens (including phenoxy) is 1. The number of morpholine rings is 1. The Bertz CT molecular complexity index is 786. The average molecular weight is 399 g/mol. The van der Waals surface area contributed by atoms with Crippen molar-refractivity contribution in [3.63, 3.8) is 0 Å². The van der Waals surface area contributed by atoms with Crippen LogP contribution in [0.4, 0.5) is 10.5 Å². The number of benzene rings is 1. The van der Waals surface area contributed by atoms with Crippen molar-refractivity contribution in [1.82, 2.24) is 9.80 Å². The molecule has 3 aliphatic heterocycles. The number of urea groups is 1. The van der Waals surface area contributed by atoms with E-state index in [2.05, 4.69) is 17.0 Å². The molecule has 0 aromatic heterocycles. The number of hydrogen-bond acceptors (Lipinski definition) is 4. The molecule has 156 valence electrons. The zero-order valence-electron chi connectivity index (χ0n) is 16.9. The Morgan fingerprint density at radius 2 is 1.86 bits per heavy atom. The van der Waals surface area contributed by atoms with Crippen LogP contribution in [-0.2, 0) is 14.9 Å². The molecule has 1 unspecified atom stereocenters. The fraction of sp³-hybridized carbons (Fsp3) is 0.636. The van der Waals surface area contributed by atoms with Crippen LogP contribution in [0.25, 0.3) is 0 Å². The number of rotatable bonds is 6. The second-order valence-electron chi connectivity index (χ2n) is 8.93. The Kier molecular flexibility index (Phi) is 4.75. The van der Waals surface area contributed by atoms with Crippen LogP contribution in [0.3, 0.4) is 0 Å². The Hall–Kier alpha value is -2.12. The Labute approximate surface area is 171 Å². The largest absolute Gasteiger partial charge is 0.379 e. The zero-order valence-corrected chi connectivity index (χ0v) is 16.9. The summed E-state index contributed by atoms with van der Waals surface area (Å²) in [6.45, 7) is 5.55. The summed E-state index contributed by atoms with van der Waals surface area (Å²) < 4.78 is 5.45. The minimum Gasteiger partial charge on any atom is -0.379 e. The van der Waals surface area contributed by atoms with Crippen molar-refractivity contribution in [3.05, 3.63) is 29.8 Å². The maximum Gasteiger partial charge on any atom is 0.325 e. The van der Waals surface area contributed by atoms with Crippen molar-refractivity contribution >= 4 is 17.6 Å². The molecule has 0 spiro atoms. The molecular formula is C22H30N4O3. The van der Waals surface area contributed by atoms with E-state index in [9.17, 15) is 9.59 Å². The summed E-state index contributed by atoms with van der Waals surface area (Å²) in [6, 6.07) is 7.57. The number of fused-ring (bicyclic) bond motifs is 1. The molecule has 3 saturated heterocycles. The van der Waals surface area contributed by atoms with Crippen molar-refractivity contribution in [1.29, 1.82) is 0 Å². The number of nitrogens with two attached hydrogens (primary N) is 1. The van der Waals surface area contributed by atoms with Gasteiger partial charge in [0.15, 0.2) is 0 Å². The topological polar surface area (TPSA) is 79.1 Å². The third-order valence-electron chi connectivity index (χ3n) is 7.31. The van der Waals surface area contributed by atoms with Gasteiger partial charge in [0, 0.05) is 25.3 Å². The van der Waals surface area contributed by atoms with Gasteiger partial charge >= 0.3 is 6.03 Å². The van der Waals surface area contributed by atoms with E-state index in [0.717, 1.165) is 57.8 Å². The van der Waals surface area contributed by atoms with Crippen molar-refractivity contribution in [3.8, 4) is 0 Å². The highest BCUT2D eigenvalue weighted by atomic mass is 16.5. The van der Waals surface area contributed by atoms with Gasteiger partial charge in [-0.25, -0.2) is 4.79 Å². The van der Waals surface area contributed by atoms with Crippen LogP contribution in [0.15, 0.2) is 24.3 Å². The first kappa shape index (κ1) is 18.9. The molecule has 0 bridgehead atoms. The van der Waals surface area contributed by atoms with Crippen molar-refractivity contribution in [2.45, 2.75) is 49.6 Å². The van der Waals surface area contributed by atoms with Gasteiger partial charge in [0.2, 0.25) is 5.91 Å². The van der Waals surface area contributed by atoms with E-state index in [1.807, 2.05) is 17.0 Å². The van der Waals surface area contributed by atoms with E-state index in [0.29, 0.717) is 6.54 Å². The van der Waals surface area contributed by atoms with Gasteiger partial charge in [-0.3, -0.25) is 14.6 Å². The summed E-state index contributed by atoms with van der Waals surface area (Å²) in [4.78, 5) is 31.0. The summed E-state index contributed by atoms with van der Waals surface area (Å²) in [6.07, 6.45) is 5.39. The van der Waals surface area contributed by atoms with E-state index in [1.165, 1.54) is 18.4 Å². The van der Waals surface area contributed by atoms with Gasteiger partial charge in [-0.05, 0) is 61.8 Å². The SMILES string of the molecule is NC(=O)C1[C@H]2CCCN2C(=O)N1c1ccc(C2(CCN3CCOCC3)CC2)cc1. The Morgan fingerprint density at radius 3 is 2.52 bits per heavy atom. The predicted octanol–water partition coefficient (Wildman–Crippen LogP) is 1.70. The third kappa shape index (κ3) is 3.30. The quantitative estimate of drug-likeness (QED) is 0.791. The lowest BCUT2D eigenvalue weighted by molar-refractivity contribution is -0.119. The molecule has 29 heavy (non-hydrogen) atoms. The fourth-order valence-electron chi connectivity index (χ4n) is 5.38. The van der Waals surface area contributed by atoms with E-state index in [1.54, 1.807) is 4.90 Å². The molecule has 3 amide bonds. The maximum atomic E-state index is 12.9. The first-order valence-electron chi connectivity index (χ1n) is 10.9. The lowest BCUT2D eigenvalue weighted by Gasteiger charge is -2.29. The zero-order chi connectivity index (χ0) is 20.0. The molecule has 5 rings (SSSR count). The molecule has 1 aliphatic carbocycles. The molecule has 2 N–H and O–H groups in total. The minimum absolute atomic E-state index is 0.0806. The summed E-state index contributed by atoms with van der Waals surface area (Å²) in [7, 11) is 0. The summed E-state index contributed by atoms with van der Waals surface area (Å²) >= 11 is 0. The van der Waals surface area contributed by atoms with Crippen LogP contribution in [0, 0.1) is 0 Å². The monoisotopic (exact) mass is 398 g/mol. The van der Waals surface area contributed by atoms with Crippen LogP contribution in [0.2, 0.25) is 0 Å². The summed E-state index contributed by atoms with van der Waals surface area (Å²) in [5.74, 6) is -0.416. The second kappa shape index (κ2) is 7.29. The molecule has 1 aromatic carbocycles. The number of carbonyl (C=O) groups excluding carboxylic acids is 2. The van der Waals surface area contributed by atoms with Crippen LogP contribution >= 0.6 is 0 Å². The number of amides is 3. The highest BCUT2D eigenvalue weighted by Crippen LogP contribution is 2.51. The van der Waals surface area contributed by atoms with E-state index in [-0.39, 0.29) is 17.5 Å². The average Bonchev–Trinajstić information content (AvgIpc) is 3.28. The van der Waals surface area contributed by atoms with Crippen LogP contribution in [0.5, 0.6) is 0 Å². The minimum atomic E-state index is -0.563. The molecule has 4 aliphatic rings. The van der Waals surface area contributed by atoms with Gasteiger partial charge in [0.1, 0.15) is 6.04 Å². The van der Waals surface area contributed by atoms with Crippen molar-refractivity contribution in [2.24, 2.45) is 5.73 Å². The molecule has 1 saturated carbocycles. The smallest absolute Gasteiger partial charge is 0.325 e. The van der Waals surface area contributed by atoms with Gasteiger partial charge < -0.3 is 15.4 Å². The predicted molar refractivity (Wildman–Crippen MR) is 110 cm³/mol. The molecule has 7 heteroatoms. The maximum absolute atomic E-state index is 12.9. The number of primary amides is 1. The molecule has 1 aromatic rings. The molecule has 2 atom stereocenters. The number of hydrogen-bond donors (Lipinski definition) is 1. The molecular weight excluding hydrogens is 368 g/mol. The van der Waals surface area contributed by atoms with Gasteiger partial charge in [-0.1, -0.05) is 12.1 Å². The third-order valence-corrected chi connectivity index (χ3v) is 7.31. The van der Waals surface area contributed by atoms with Crippen LogP contribution < -0.4 is 10.6 Å². The number of anilines is 1. The van der Waals surface area contributed by atoms with Gasteiger partial charge in [-0.2, -0.15) is 0 Å². The first-order valence-corrected chi connectivity index (χ1v) is 10.9. The molecule has 0 radical (unpaired) electrons. The van der Waals surface area contributed by atoms with E-state index >= 15 is 0 Å². The standard InChI is InChI=1S/C22H30N4O3/c23-20(27)19-18-2-1-10-25(18)21(28)26(19)17-5-3-16(4-6-17)22(7-8-22)9-11-24-12-14-29-15-13-24/h3-6,18-19H,1-2,7-15H2,(H2,23,27)/t18-,19?/m1/s1. The second-order valence-corrected chi connectivity index (χ2v) is 8.93. The van der Waals surface area contributed by atoms with Crippen LogP contribution in [-0.4, -0.2) is 73.2 Å². The lowest BCUT2D eigenvalue weighted by atomic mass is 9.91. The number of nitrogens with zero attached hydrogens (tertiary/aromatic N) is 3. The lowest BCUT2D eigenvalue weighted by Crippen LogP contribution is -2.46. The summed E-state index contributed by atoms with van der Waals surface area (Å²) in [5.41, 5.74) is 8.09. The van der Waals surface area contributed by atoms with Gasteiger partial charge in [-0.15, -0.1) is 0 Å². The fourth-order valence-corrected chi connectivity index (χ4v) is 5.38. The van der Waals surface area contributed by atoms with Gasteiger partial charge in [0.25, 0.3) is 0 Å². The van der Waals surface area contributed by atoms with E-state index < -0.39 is 11.9 Å². The Morgan fingerprint density at radius 1 is 1.14 bits per heavy atom. The van der Waals surface area contributed by atoms with E-state index in [4.69, 9.17) is 10.5 Å². The van der Waals surface area contributed by atoms with Gasteiger partial charge in [0.05, 0.1) is 19.3 Å². The molecule has 3 heterocycles. The highest BCUT2D eigenvalue weighted by molar-refractivity contribution is 6.03. The summed E-state index contributed by atoms with van der Waals surface area (Å²) in [5, 5.41) is 0. The number of carbonyl (C=O) groups is 2. The molecule has 7 nitrogen and oxygen atoms in total. The Balaban J connectivity index is 1.31. The normalized spacial score (nSPS) is 28.6. The molecule has 4 fully saturated rings. The van der Waals surface area contributed by atoms with Crippen molar-refractivity contribution < 1.29 is 14.3 Å².